The Balaban J connectivity index is 2.04. The van der Waals surface area contributed by atoms with Crippen molar-refractivity contribution in [1.82, 2.24) is 0 Å². The Hall–Kier alpha value is -0.220. The molecule has 14 heavy (non-hydrogen) atoms. The molecular formula is C10H19NO2S. The highest BCUT2D eigenvalue weighted by Crippen LogP contribution is 2.19. The molecule has 0 radical (unpaired) electrons. The maximum absolute atomic E-state index is 8.57. The van der Waals surface area contributed by atoms with Gasteiger partial charge in [-0.3, -0.25) is 0 Å². The molecule has 0 atom stereocenters. The van der Waals surface area contributed by atoms with Gasteiger partial charge in [0.05, 0.1) is 11.8 Å². The maximum atomic E-state index is 8.57. The number of oxime groups is 1. The summed E-state index contributed by atoms with van der Waals surface area (Å²) in [5.41, 5.74) is 0.925. The van der Waals surface area contributed by atoms with Crippen molar-refractivity contribution in [2.24, 2.45) is 5.16 Å². The SMILES string of the molecule is CSCCCOC1CCC(=NO)CC1. The number of thioether (sulfide) groups is 1. The molecule has 0 aromatic rings. The molecule has 1 N–H and O–H groups in total. The number of rotatable bonds is 5. The summed E-state index contributed by atoms with van der Waals surface area (Å²) >= 11 is 1.86. The smallest absolute Gasteiger partial charge is 0.0582 e. The van der Waals surface area contributed by atoms with Crippen molar-refractivity contribution in [3.8, 4) is 0 Å². The minimum absolute atomic E-state index is 0.391. The van der Waals surface area contributed by atoms with Gasteiger partial charge in [-0.15, -0.1) is 0 Å². The summed E-state index contributed by atoms with van der Waals surface area (Å²) in [6, 6.07) is 0. The molecule has 3 nitrogen and oxygen atoms in total. The van der Waals surface area contributed by atoms with Gasteiger partial charge in [-0.05, 0) is 44.1 Å². The standard InChI is InChI=1S/C10H19NO2S/c1-14-8-2-7-13-10-5-3-9(11-12)4-6-10/h10,12H,2-8H2,1H3. The van der Waals surface area contributed by atoms with E-state index in [-0.39, 0.29) is 0 Å². The second-order valence-corrected chi connectivity index (χ2v) is 4.57. The summed E-state index contributed by atoms with van der Waals surface area (Å²) < 4.78 is 5.73. The van der Waals surface area contributed by atoms with Crippen LogP contribution >= 0.6 is 11.8 Å². The molecule has 1 aliphatic rings. The zero-order valence-corrected chi connectivity index (χ0v) is 9.55. The molecule has 0 aromatic heterocycles. The van der Waals surface area contributed by atoms with E-state index in [0.29, 0.717) is 6.10 Å². The van der Waals surface area contributed by atoms with Crippen LogP contribution in [0.2, 0.25) is 0 Å². The van der Waals surface area contributed by atoms with Gasteiger partial charge in [0.2, 0.25) is 0 Å². The van der Waals surface area contributed by atoms with Crippen molar-refractivity contribution in [2.75, 3.05) is 18.6 Å². The molecule has 1 rings (SSSR count). The molecule has 1 saturated carbocycles. The minimum Gasteiger partial charge on any atom is -0.411 e. The van der Waals surface area contributed by atoms with E-state index in [1.54, 1.807) is 0 Å². The third kappa shape index (κ3) is 4.33. The topological polar surface area (TPSA) is 41.8 Å². The van der Waals surface area contributed by atoms with E-state index in [2.05, 4.69) is 11.4 Å². The zero-order chi connectivity index (χ0) is 10.2. The van der Waals surface area contributed by atoms with Gasteiger partial charge in [-0.1, -0.05) is 5.16 Å². The minimum atomic E-state index is 0.391. The molecule has 0 aliphatic heterocycles. The second-order valence-electron chi connectivity index (χ2n) is 3.58. The number of nitrogens with zero attached hydrogens (tertiary/aromatic N) is 1. The Morgan fingerprint density at radius 2 is 2.21 bits per heavy atom. The molecule has 0 spiro atoms. The predicted octanol–water partition coefficient (Wildman–Crippen LogP) is 2.53. The van der Waals surface area contributed by atoms with Gasteiger partial charge in [0.15, 0.2) is 0 Å². The van der Waals surface area contributed by atoms with Crippen LogP contribution in [0.5, 0.6) is 0 Å². The summed E-state index contributed by atoms with van der Waals surface area (Å²) in [5, 5.41) is 11.8. The zero-order valence-electron chi connectivity index (χ0n) is 8.74. The lowest BCUT2D eigenvalue weighted by Crippen LogP contribution is -2.22. The maximum Gasteiger partial charge on any atom is 0.0582 e. The lowest BCUT2D eigenvalue weighted by molar-refractivity contribution is 0.0407. The third-order valence-corrected chi connectivity index (χ3v) is 3.19. The van der Waals surface area contributed by atoms with Crippen LogP contribution < -0.4 is 0 Å². The first-order chi connectivity index (χ1) is 6.86. The molecule has 82 valence electrons. The third-order valence-electron chi connectivity index (χ3n) is 2.50. The molecule has 1 aliphatic carbocycles. The van der Waals surface area contributed by atoms with Crippen molar-refractivity contribution in [3.63, 3.8) is 0 Å². The Bertz CT molecular complexity index is 175. The first kappa shape index (κ1) is 11.9. The molecule has 4 heteroatoms. The average molecular weight is 217 g/mol. The lowest BCUT2D eigenvalue weighted by Gasteiger charge is -2.22. The van der Waals surface area contributed by atoms with E-state index in [1.165, 1.54) is 5.75 Å². The first-order valence-corrected chi connectivity index (χ1v) is 6.56. The highest BCUT2D eigenvalue weighted by Gasteiger charge is 2.17. The predicted molar refractivity (Wildman–Crippen MR) is 60.4 cm³/mol. The van der Waals surface area contributed by atoms with E-state index in [1.807, 2.05) is 11.8 Å². The van der Waals surface area contributed by atoms with Crippen LogP contribution in [0.15, 0.2) is 5.16 Å². The van der Waals surface area contributed by atoms with Gasteiger partial charge in [0.1, 0.15) is 0 Å². The van der Waals surface area contributed by atoms with E-state index in [0.717, 1.165) is 44.4 Å². The molecule has 0 amide bonds. The Labute approximate surface area is 89.9 Å². The highest BCUT2D eigenvalue weighted by molar-refractivity contribution is 7.98. The summed E-state index contributed by atoms with van der Waals surface area (Å²) in [4.78, 5) is 0. The van der Waals surface area contributed by atoms with Crippen molar-refractivity contribution < 1.29 is 9.94 Å². The van der Waals surface area contributed by atoms with Crippen LogP contribution in [-0.2, 0) is 4.74 Å². The van der Waals surface area contributed by atoms with Crippen molar-refractivity contribution in [1.29, 1.82) is 0 Å². The summed E-state index contributed by atoms with van der Waals surface area (Å²) in [7, 11) is 0. The molecule has 0 unspecified atom stereocenters. The van der Waals surface area contributed by atoms with E-state index in [4.69, 9.17) is 9.94 Å². The molecule has 0 aromatic carbocycles. The highest BCUT2D eigenvalue weighted by atomic mass is 32.2. The van der Waals surface area contributed by atoms with Crippen LogP contribution in [-0.4, -0.2) is 35.6 Å². The second kappa shape index (κ2) is 7.12. The number of hydrogen-bond acceptors (Lipinski definition) is 4. The van der Waals surface area contributed by atoms with Crippen molar-refractivity contribution in [2.45, 2.75) is 38.2 Å². The van der Waals surface area contributed by atoms with E-state index < -0.39 is 0 Å². The van der Waals surface area contributed by atoms with Crippen LogP contribution in [0.1, 0.15) is 32.1 Å². The normalized spacial score (nSPS) is 22.4. The first-order valence-electron chi connectivity index (χ1n) is 5.17. The summed E-state index contributed by atoms with van der Waals surface area (Å²) in [6.45, 7) is 0.872. The van der Waals surface area contributed by atoms with Gasteiger partial charge < -0.3 is 9.94 Å². The number of ether oxygens (including phenoxy) is 1. The van der Waals surface area contributed by atoms with Crippen LogP contribution in [0.3, 0.4) is 0 Å². The van der Waals surface area contributed by atoms with Gasteiger partial charge in [0.25, 0.3) is 0 Å². The van der Waals surface area contributed by atoms with Gasteiger partial charge >= 0.3 is 0 Å². The van der Waals surface area contributed by atoms with E-state index >= 15 is 0 Å². The summed E-state index contributed by atoms with van der Waals surface area (Å²) in [6.07, 6.45) is 7.45. The van der Waals surface area contributed by atoms with Gasteiger partial charge in [0, 0.05) is 6.61 Å². The van der Waals surface area contributed by atoms with Crippen LogP contribution in [0, 0.1) is 0 Å². The largest absolute Gasteiger partial charge is 0.411 e. The van der Waals surface area contributed by atoms with Gasteiger partial charge in [-0.2, -0.15) is 11.8 Å². The fourth-order valence-corrected chi connectivity index (χ4v) is 2.05. The van der Waals surface area contributed by atoms with Gasteiger partial charge in [-0.25, -0.2) is 0 Å². The number of hydrogen-bond donors (Lipinski definition) is 1. The lowest BCUT2D eigenvalue weighted by atomic mass is 9.96. The quantitative estimate of drug-likeness (QED) is 0.437. The fraction of sp³-hybridized carbons (Fsp3) is 0.900. The summed E-state index contributed by atoms with van der Waals surface area (Å²) in [5.74, 6) is 1.18. The molecular weight excluding hydrogens is 198 g/mol. The van der Waals surface area contributed by atoms with E-state index in [9.17, 15) is 0 Å². The molecule has 0 heterocycles. The van der Waals surface area contributed by atoms with Crippen LogP contribution in [0.25, 0.3) is 0 Å². The monoisotopic (exact) mass is 217 g/mol. The average Bonchev–Trinajstić information content (AvgIpc) is 2.25. The molecule has 1 fully saturated rings. The molecule has 0 saturated heterocycles. The Morgan fingerprint density at radius 1 is 1.50 bits per heavy atom. The van der Waals surface area contributed by atoms with Crippen molar-refractivity contribution in [3.05, 3.63) is 0 Å². The van der Waals surface area contributed by atoms with Crippen LogP contribution in [0.4, 0.5) is 0 Å². The molecule has 0 bridgehead atoms. The fourth-order valence-electron chi connectivity index (χ4n) is 1.64. The van der Waals surface area contributed by atoms with Crippen molar-refractivity contribution >= 4 is 17.5 Å². The Morgan fingerprint density at radius 3 is 2.79 bits per heavy atom. The Kier molecular flexibility index (Phi) is 6.03.